The summed E-state index contributed by atoms with van der Waals surface area (Å²) in [5.74, 6) is 0. The average Bonchev–Trinajstić information content (AvgIpc) is 3.55. The highest BCUT2D eigenvalue weighted by molar-refractivity contribution is 6.00. The normalized spacial score (nSPS) is 13.8. The lowest BCUT2D eigenvalue weighted by atomic mass is 9.67. The Labute approximate surface area is 318 Å². The van der Waals surface area contributed by atoms with Gasteiger partial charge in [0.25, 0.3) is 0 Å². The smallest absolute Gasteiger partial charge is 0.0714 e. The van der Waals surface area contributed by atoms with Gasteiger partial charge in [-0.1, -0.05) is 164 Å². The lowest BCUT2D eigenvalue weighted by Gasteiger charge is -2.35. The van der Waals surface area contributed by atoms with Crippen molar-refractivity contribution >= 4 is 17.1 Å². The van der Waals surface area contributed by atoms with E-state index in [1.165, 1.54) is 85.3 Å². The SMILES string of the molecule is c1ccc(-c2cc3c(cc2-c2cc4c(cc2N(c2ccccc2)c2ccccc2)C(c2ccccc2)(c2ccccc2)c2ccccc2-4)CCCC3)cc1. The lowest BCUT2D eigenvalue weighted by Crippen LogP contribution is -2.28. The number of rotatable bonds is 7. The summed E-state index contributed by atoms with van der Waals surface area (Å²) in [5, 5.41) is 0. The fourth-order valence-corrected chi connectivity index (χ4v) is 9.32. The monoisotopic (exact) mass is 691 g/mol. The minimum absolute atomic E-state index is 0.515. The number of nitrogens with zero attached hydrogens (tertiary/aromatic N) is 1. The number of fused-ring (bicyclic) bond motifs is 4. The highest BCUT2D eigenvalue weighted by Gasteiger charge is 2.47. The summed E-state index contributed by atoms with van der Waals surface area (Å²) in [6.07, 6.45) is 4.74. The van der Waals surface area contributed by atoms with Crippen LogP contribution in [0.5, 0.6) is 0 Å². The maximum atomic E-state index is 2.54. The van der Waals surface area contributed by atoms with Crippen LogP contribution in [0.2, 0.25) is 0 Å². The minimum atomic E-state index is -0.515. The van der Waals surface area contributed by atoms with Crippen molar-refractivity contribution in [3.63, 3.8) is 0 Å². The van der Waals surface area contributed by atoms with Crippen molar-refractivity contribution in [2.75, 3.05) is 4.90 Å². The van der Waals surface area contributed by atoms with Crippen LogP contribution in [-0.2, 0) is 18.3 Å². The molecule has 0 saturated heterocycles. The molecule has 0 aliphatic heterocycles. The molecule has 0 saturated carbocycles. The third-order valence-corrected chi connectivity index (χ3v) is 11.7. The van der Waals surface area contributed by atoms with Crippen LogP contribution in [0.15, 0.2) is 200 Å². The van der Waals surface area contributed by atoms with Crippen molar-refractivity contribution < 1.29 is 0 Å². The standard InChI is InChI=1S/C53H41N/c1-6-20-38(21-7-1)46-34-39-22-16-17-23-40(39)35-47(46)49-36-48-45-32-18-19-33-50(45)53(41-24-8-2-9-25-41,42-26-10-3-11-27-42)51(48)37-52(49)54(43-28-12-4-13-29-43)44-30-14-5-15-31-44/h1-15,18-21,24-37H,16-17,22-23H2. The second kappa shape index (κ2) is 13.5. The molecule has 8 aromatic rings. The van der Waals surface area contributed by atoms with E-state index in [4.69, 9.17) is 0 Å². The summed E-state index contributed by atoms with van der Waals surface area (Å²) in [6.45, 7) is 0. The number of hydrogen-bond acceptors (Lipinski definition) is 1. The maximum absolute atomic E-state index is 2.54. The largest absolute Gasteiger partial charge is 0.310 e. The highest BCUT2D eigenvalue weighted by Crippen LogP contribution is 2.59. The topological polar surface area (TPSA) is 3.24 Å². The van der Waals surface area contributed by atoms with Gasteiger partial charge in [0, 0.05) is 16.9 Å². The molecule has 0 radical (unpaired) electrons. The molecule has 0 fully saturated rings. The average molecular weight is 692 g/mol. The van der Waals surface area contributed by atoms with E-state index in [1.807, 2.05) is 0 Å². The van der Waals surface area contributed by atoms with Crippen molar-refractivity contribution in [3.05, 3.63) is 234 Å². The molecule has 8 aromatic carbocycles. The van der Waals surface area contributed by atoms with Crippen LogP contribution in [0.25, 0.3) is 33.4 Å². The van der Waals surface area contributed by atoms with Crippen LogP contribution in [0.1, 0.15) is 46.2 Å². The summed E-state index contributed by atoms with van der Waals surface area (Å²) in [7, 11) is 0. The van der Waals surface area contributed by atoms with E-state index >= 15 is 0 Å². The molecule has 0 aromatic heterocycles. The molecule has 0 heterocycles. The van der Waals surface area contributed by atoms with Crippen molar-refractivity contribution in [2.45, 2.75) is 31.1 Å². The molecule has 2 aliphatic rings. The van der Waals surface area contributed by atoms with E-state index in [1.54, 1.807) is 0 Å². The molecule has 258 valence electrons. The van der Waals surface area contributed by atoms with Crippen LogP contribution in [0.3, 0.4) is 0 Å². The Balaban J connectivity index is 1.37. The predicted molar refractivity (Wildman–Crippen MR) is 226 cm³/mol. The number of hydrogen-bond donors (Lipinski definition) is 0. The van der Waals surface area contributed by atoms with E-state index in [-0.39, 0.29) is 0 Å². The third-order valence-electron chi connectivity index (χ3n) is 11.7. The first-order chi connectivity index (χ1) is 26.8. The Kier molecular flexibility index (Phi) is 8.07. The molecule has 0 atom stereocenters. The molecular weight excluding hydrogens is 651 g/mol. The van der Waals surface area contributed by atoms with Gasteiger partial charge in [-0.05, 0) is 123 Å². The summed E-state index contributed by atoms with van der Waals surface area (Å²) in [4.78, 5) is 2.48. The molecule has 0 unspecified atom stereocenters. The minimum Gasteiger partial charge on any atom is -0.310 e. The fraction of sp³-hybridized carbons (Fsp3) is 0.0943. The van der Waals surface area contributed by atoms with E-state index in [9.17, 15) is 0 Å². The summed E-state index contributed by atoms with van der Waals surface area (Å²) in [5.41, 5.74) is 18.7. The number of aryl methyl sites for hydroxylation is 2. The molecule has 2 aliphatic carbocycles. The van der Waals surface area contributed by atoms with Gasteiger partial charge in [-0.2, -0.15) is 0 Å². The van der Waals surface area contributed by atoms with Gasteiger partial charge >= 0.3 is 0 Å². The Bertz CT molecular complexity index is 2500. The molecular formula is C53H41N. The number of anilines is 3. The zero-order chi connectivity index (χ0) is 35.9. The van der Waals surface area contributed by atoms with E-state index in [0.717, 1.165) is 24.2 Å². The molecule has 54 heavy (non-hydrogen) atoms. The first-order valence-electron chi connectivity index (χ1n) is 19.3. The first-order valence-corrected chi connectivity index (χ1v) is 19.3. The van der Waals surface area contributed by atoms with Crippen LogP contribution in [0, 0.1) is 0 Å². The van der Waals surface area contributed by atoms with Gasteiger partial charge < -0.3 is 4.90 Å². The van der Waals surface area contributed by atoms with Crippen molar-refractivity contribution in [1.29, 1.82) is 0 Å². The Morgan fingerprint density at radius 1 is 0.352 bits per heavy atom. The number of para-hydroxylation sites is 2. The Hall–Kier alpha value is -6.44. The first kappa shape index (κ1) is 32.2. The van der Waals surface area contributed by atoms with Crippen LogP contribution >= 0.6 is 0 Å². The van der Waals surface area contributed by atoms with Gasteiger partial charge in [-0.3, -0.25) is 0 Å². The summed E-state index contributed by atoms with van der Waals surface area (Å²) >= 11 is 0. The van der Waals surface area contributed by atoms with Crippen LogP contribution < -0.4 is 4.90 Å². The number of benzene rings is 8. The summed E-state index contributed by atoms with van der Waals surface area (Å²) in [6, 6.07) is 74.3. The summed E-state index contributed by atoms with van der Waals surface area (Å²) < 4.78 is 0. The Morgan fingerprint density at radius 3 is 1.41 bits per heavy atom. The Morgan fingerprint density at radius 2 is 0.833 bits per heavy atom. The highest BCUT2D eigenvalue weighted by atomic mass is 15.1. The maximum Gasteiger partial charge on any atom is 0.0714 e. The van der Waals surface area contributed by atoms with Crippen molar-refractivity contribution in [3.8, 4) is 33.4 Å². The zero-order valence-electron chi connectivity index (χ0n) is 30.3. The second-order valence-electron chi connectivity index (χ2n) is 14.7. The van der Waals surface area contributed by atoms with Gasteiger partial charge in [0.05, 0.1) is 11.1 Å². The molecule has 1 heteroatoms. The molecule has 0 amide bonds. The van der Waals surface area contributed by atoms with Gasteiger partial charge in [-0.15, -0.1) is 0 Å². The van der Waals surface area contributed by atoms with Crippen molar-refractivity contribution in [2.24, 2.45) is 0 Å². The van der Waals surface area contributed by atoms with Crippen molar-refractivity contribution in [1.82, 2.24) is 0 Å². The molecule has 0 spiro atoms. The van der Waals surface area contributed by atoms with Gasteiger partial charge in [0.1, 0.15) is 0 Å². The molecule has 0 N–H and O–H groups in total. The van der Waals surface area contributed by atoms with Crippen LogP contribution in [0.4, 0.5) is 17.1 Å². The predicted octanol–water partition coefficient (Wildman–Crippen LogP) is 13.7. The van der Waals surface area contributed by atoms with Crippen LogP contribution in [-0.4, -0.2) is 0 Å². The van der Waals surface area contributed by atoms with E-state index in [2.05, 4.69) is 205 Å². The molecule has 0 bridgehead atoms. The molecule has 10 rings (SSSR count). The third kappa shape index (κ3) is 5.23. The second-order valence-corrected chi connectivity index (χ2v) is 14.7. The van der Waals surface area contributed by atoms with Gasteiger partial charge in [0.2, 0.25) is 0 Å². The van der Waals surface area contributed by atoms with Gasteiger partial charge in [-0.25, -0.2) is 0 Å². The fourth-order valence-electron chi connectivity index (χ4n) is 9.32. The van der Waals surface area contributed by atoms with E-state index < -0.39 is 5.41 Å². The molecule has 1 nitrogen and oxygen atoms in total. The lowest BCUT2D eigenvalue weighted by molar-refractivity contribution is 0.686. The van der Waals surface area contributed by atoms with E-state index in [0.29, 0.717) is 0 Å². The van der Waals surface area contributed by atoms with Gasteiger partial charge in [0.15, 0.2) is 0 Å². The zero-order valence-corrected chi connectivity index (χ0v) is 30.3. The quantitative estimate of drug-likeness (QED) is 0.161.